The van der Waals surface area contributed by atoms with Gasteiger partial charge in [-0.05, 0) is 50.6 Å². The van der Waals surface area contributed by atoms with Crippen molar-refractivity contribution in [2.75, 3.05) is 13.7 Å². The molecule has 0 unspecified atom stereocenters. The third kappa shape index (κ3) is 4.31. The second-order valence-electron chi connectivity index (χ2n) is 6.06. The smallest absolute Gasteiger partial charge is 0.164 e. The molecule has 0 aliphatic heterocycles. The molecule has 0 spiro atoms. The molecule has 1 aromatic rings. The number of ether oxygens (including phenoxy) is 1. The van der Waals surface area contributed by atoms with Gasteiger partial charge in [-0.25, -0.2) is 0 Å². The van der Waals surface area contributed by atoms with Crippen LogP contribution in [0, 0.1) is 0 Å². The van der Waals surface area contributed by atoms with Gasteiger partial charge in [0.2, 0.25) is 0 Å². The molecular weight excluding hydrogens is 262 g/mol. The molecule has 0 bridgehead atoms. The van der Waals surface area contributed by atoms with Crippen LogP contribution in [0.4, 0.5) is 0 Å². The molecule has 0 saturated heterocycles. The van der Waals surface area contributed by atoms with Crippen LogP contribution in [-0.2, 0) is 0 Å². The lowest BCUT2D eigenvalue weighted by Gasteiger charge is -2.36. The third-order valence-electron chi connectivity index (χ3n) is 4.49. The number of nitrogens with one attached hydrogen (secondary N) is 1. The van der Waals surface area contributed by atoms with Gasteiger partial charge in [0.1, 0.15) is 5.75 Å². The molecule has 1 aromatic carbocycles. The van der Waals surface area contributed by atoms with Gasteiger partial charge in [-0.3, -0.25) is 4.79 Å². The highest BCUT2D eigenvalue weighted by Crippen LogP contribution is 2.32. The van der Waals surface area contributed by atoms with Crippen LogP contribution in [-0.4, -0.2) is 25.0 Å². The number of ketones is 1. The van der Waals surface area contributed by atoms with Crippen LogP contribution in [0.5, 0.6) is 5.75 Å². The minimum Gasteiger partial charge on any atom is -0.494 e. The number of carbonyl (C=O) groups is 1. The van der Waals surface area contributed by atoms with Gasteiger partial charge in [-0.15, -0.1) is 0 Å². The Morgan fingerprint density at radius 3 is 2.43 bits per heavy atom. The Labute approximate surface area is 128 Å². The minimum atomic E-state index is 0.00666. The number of benzene rings is 1. The van der Waals surface area contributed by atoms with Crippen LogP contribution in [0.3, 0.4) is 0 Å². The fourth-order valence-electron chi connectivity index (χ4n) is 3.11. The first-order valence-corrected chi connectivity index (χ1v) is 8.14. The van der Waals surface area contributed by atoms with E-state index in [9.17, 15) is 4.79 Å². The van der Waals surface area contributed by atoms with E-state index in [0.717, 1.165) is 37.2 Å². The summed E-state index contributed by atoms with van der Waals surface area (Å²) in [7, 11) is 1.99. The average Bonchev–Trinajstić information content (AvgIpc) is 2.54. The molecule has 1 aliphatic rings. The maximum atomic E-state index is 12.5. The molecule has 3 nitrogen and oxygen atoms in total. The Hall–Kier alpha value is -1.35. The predicted molar refractivity (Wildman–Crippen MR) is 86.1 cm³/mol. The van der Waals surface area contributed by atoms with E-state index < -0.39 is 0 Å². The van der Waals surface area contributed by atoms with E-state index in [4.69, 9.17) is 4.74 Å². The van der Waals surface area contributed by atoms with Gasteiger partial charge in [-0.1, -0.05) is 26.2 Å². The lowest BCUT2D eigenvalue weighted by Crippen LogP contribution is -2.46. The van der Waals surface area contributed by atoms with E-state index in [0.29, 0.717) is 6.42 Å². The van der Waals surface area contributed by atoms with E-state index in [1.807, 2.05) is 31.3 Å². The molecule has 0 heterocycles. The van der Waals surface area contributed by atoms with Crippen LogP contribution < -0.4 is 10.1 Å². The number of hydrogen-bond donors (Lipinski definition) is 1. The summed E-state index contributed by atoms with van der Waals surface area (Å²) in [5, 5.41) is 3.41. The number of Topliss-reactive ketones (excluding diaryl/α,β-unsaturated/α-hetero) is 1. The molecule has 3 heteroatoms. The van der Waals surface area contributed by atoms with Crippen LogP contribution in [0.15, 0.2) is 24.3 Å². The Bertz CT molecular complexity index is 447. The lowest BCUT2D eigenvalue weighted by atomic mass is 9.77. The summed E-state index contributed by atoms with van der Waals surface area (Å²) in [5.41, 5.74) is 0.797. The molecule has 1 saturated carbocycles. The molecule has 1 aliphatic carbocycles. The van der Waals surface area contributed by atoms with E-state index in [1.54, 1.807) is 0 Å². The molecule has 1 N–H and O–H groups in total. The Morgan fingerprint density at radius 1 is 1.19 bits per heavy atom. The molecule has 2 rings (SSSR count). The van der Waals surface area contributed by atoms with E-state index in [2.05, 4.69) is 12.2 Å². The van der Waals surface area contributed by atoms with Gasteiger partial charge in [0.05, 0.1) is 6.61 Å². The molecule has 21 heavy (non-hydrogen) atoms. The molecule has 1 fully saturated rings. The van der Waals surface area contributed by atoms with Gasteiger partial charge in [-0.2, -0.15) is 0 Å². The molecule has 0 radical (unpaired) electrons. The second-order valence-corrected chi connectivity index (χ2v) is 6.06. The van der Waals surface area contributed by atoms with Crippen molar-refractivity contribution in [2.24, 2.45) is 0 Å². The van der Waals surface area contributed by atoms with Gasteiger partial charge in [0, 0.05) is 17.5 Å². The van der Waals surface area contributed by atoms with Gasteiger partial charge in [0.25, 0.3) is 0 Å². The highest BCUT2D eigenvalue weighted by Gasteiger charge is 2.32. The topological polar surface area (TPSA) is 38.3 Å². The van der Waals surface area contributed by atoms with Crippen molar-refractivity contribution in [1.29, 1.82) is 0 Å². The summed E-state index contributed by atoms with van der Waals surface area (Å²) in [6.07, 6.45) is 7.53. The molecule has 0 atom stereocenters. The zero-order valence-corrected chi connectivity index (χ0v) is 13.3. The first-order valence-electron chi connectivity index (χ1n) is 8.14. The monoisotopic (exact) mass is 289 g/mol. The maximum Gasteiger partial charge on any atom is 0.164 e. The van der Waals surface area contributed by atoms with E-state index in [-0.39, 0.29) is 11.3 Å². The van der Waals surface area contributed by atoms with Crippen molar-refractivity contribution in [3.8, 4) is 5.75 Å². The summed E-state index contributed by atoms with van der Waals surface area (Å²) in [4.78, 5) is 12.5. The molecule has 116 valence electrons. The molecular formula is C18H27NO2. The number of hydrogen-bond acceptors (Lipinski definition) is 3. The second kappa shape index (κ2) is 7.60. The summed E-state index contributed by atoms with van der Waals surface area (Å²) in [6, 6.07) is 7.57. The Kier molecular flexibility index (Phi) is 5.80. The standard InChI is InChI=1S/C18H27NO2/c1-3-13-21-16-9-7-15(8-10-16)17(20)14-18(19-2)11-5-4-6-12-18/h7-10,19H,3-6,11-14H2,1-2H3. The van der Waals surface area contributed by atoms with Crippen LogP contribution in [0.1, 0.15) is 62.2 Å². The Morgan fingerprint density at radius 2 is 1.86 bits per heavy atom. The minimum absolute atomic E-state index is 0.00666. The summed E-state index contributed by atoms with van der Waals surface area (Å²) in [6.45, 7) is 2.80. The summed E-state index contributed by atoms with van der Waals surface area (Å²) in [5.74, 6) is 1.07. The van der Waals surface area contributed by atoms with Crippen molar-refractivity contribution in [2.45, 2.75) is 57.4 Å². The first-order chi connectivity index (χ1) is 10.2. The van der Waals surface area contributed by atoms with Crippen molar-refractivity contribution in [3.05, 3.63) is 29.8 Å². The fourth-order valence-corrected chi connectivity index (χ4v) is 3.11. The summed E-state index contributed by atoms with van der Waals surface area (Å²) >= 11 is 0. The van der Waals surface area contributed by atoms with Crippen molar-refractivity contribution in [1.82, 2.24) is 5.32 Å². The Balaban J connectivity index is 1.98. The fraction of sp³-hybridized carbons (Fsp3) is 0.611. The van der Waals surface area contributed by atoms with Crippen molar-refractivity contribution < 1.29 is 9.53 Å². The van der Waals surface area contributed by atoms with Crippen molar-refractivity contribution >= 4 is 5.78 Å². The zero-order chi connectivity index (χ0) is 15.1. The molecule has 0 amide bonds. The molecule has 0 aromatic heterocycles. The highest BCUT2D eigenvalue weighted by atomic mass is 16.5. The van der Waals surface area contributed by atoms with Gasteiger partial charge in [0.15, 0.2) is 5.78 Å². The van der Waals surface area contributed by atoms with Gasteiger partial charge >= 0.3 is 0 Å². The normalized spacial score (nSPS) is 17.4. The van der Waals surface area contributed by atoms with Crippen LogP contribution in [0.25, 0.3) is 0 Å². The predicted octanol–water partition coefficient (Wildman–Crippen LogP) is 3.97. The first kappa shape index (κ1) is 16.0. The van der Waals surface area contributed by atoms with Gasteiger partial charge < -0.3 is 10.1 Å². The highest BCUT2D eigenvalue weighted by molar-refractivity contribution is 5.96. The SMILES string of the molecule is CCCOc1ccc(C(=O)CC2(NC)CCCCC2)cc1. The van der Waals surface area contributed by atoms with E-state index >= 15 is 0 Å². The average molecular weight is 289 g/mol. The quantitative estimate of drug-likeness (QED) is 0.772. The summed E-state index contributed by atoms with van der Waals surface area (Å²) < 4.78 is 5.56. The van der Waals surface area contributed by atoms with E-state index in [1.165, 1.54) is 19.3 Å². The third-order valence-corrected chi connectivity index (χ3v) is 4.49. The van der Waals surface area contributed by atoms with Crippen molar-refractivity contribution in [3.63, 3.8) is 0 Å². The zero-order valence-electron chi connectivity index (χ0n) is 13.3. The number of carbonyl (C=O) groups excluding carboxylic acids is 1. The largest absolute Gasteiger partial charge is 0.494 e. The lowest BCUT2D eigenvalue weighted by molar-refractivity contribution is 0.0915. The maximum absolute atomic E-state index is 12.5. The van der Waals surface area contributed by atoms with Crippen LogP contribution >= 0.6 is 0 Å². The van der Waals surface area contributed by atoms with Crippen LogP contribution in [0.2, 0.25) is 0 Å². The number of rotatable bonds is 7.